The van der Waals surface area contributed by atoms with E-state index in [2.05, 4.69) is 39.6 Å². The Kier molecular flexibility index (Phi) is 6.48. The maximum Gasteiger partial charge on any atom is 0.240 e. The fourth-order valence-corrected chi connectivity index (χ4v) is 3.31. The Morgan fingerprint density at radius 3 is 2.79 bits per heavy atom. The quantitative estimate of drug-likeness (QED) is 0.354. The number of rotatable bonds is 8. The molecule has 0 bridgehead atoms. The van der Waals surface area contributed by atoms with Crippen LogP contribution in [0.15, 0.2) is 52.1 Å². The van der Waals surface area contributed by atoms with Crippen LogP contribution in [-0.2, 0) is 11.3 Å². The van der Waals surface area contributed by atoms with Crippen molar-refractivity contribution >= 4 is 5.96 Å². The molecule has 2 heterocycles. The van der Waals surface area contributed by atoms with E-state index in [4.69, 9.17) is 10.6 Å². The second-order valence-electron chi connectivity index (χ2n) is 7.20. The maximum absolute atomic E-state index is 10.8. The van der Waals surface area contributed by atoms with Crippen LogP contribution >= 0.6 is 0 Å². The van der Waals surface area contributed by atoms with Gasteiger partial charge in [0.05, 0.1) is 12.7 Å². The largest absolute Gasteiger partial charge is 0.471 e. The minimum Gasteiger partial charge on any atom is -0.471 e. The van der Waals surface area contributed by atoms with Gasteiger partial charge in [-0.2, -0.15) is 9.90 Å². The molecule has 4 N–H and O–H groups in total. The molecule has 1 saturated heterocycles. The molecule has 9 heteroatoms. The van der Waals surface area contributed by atoms with Crippen LogP contribution in [0, 0.1) is 4.91 Å². The van der Waals surface area contributed by atoms with Gasteiger partial charge in [0.15, 0.2) is 0 Å². The fourth-order valence-electron chi connectivity index (χ4n) is 3.31. The molecular weight excluding hydrogens is 358 g/mol. The van der Waals surface area contributed by atoms with Crippen molar-refractivity contribution in [2.45, 2.75) is 52.0 Å². The van der Waals surface area contributed by atoms with Crippen LogP contribution in [0.5, 0.6) is 0 Å². The summed E-state index contributed by atoms with van der Waals surface area (Å²) in [6.07, 6.45) is 0.558. The predicted octanol–water partition coefficient (Wildman–Crippen LogP) is 1.65. The van der Waals surface area contributed by atoms with Gasteiger partial charge < -0.3 is 15.4 Å². The molecule has 9 nitrogen and oxygen atoms in total. The van der Waals surface area contributed by atoms with E-state index in [9.17, 15) is 4.91 Å². The number of ether oxygens (including phenoxy) is 1. The van der Waals surface area contributed by atoms with E-state index in [1.165, 1.54) is 5.01 Å². The average Bonchev–Trinajstić information content (AvgIpc) is 3.15. The summed E-state index contributed by atoms with van der Waals surface area (Å²) in [4.78, 5) is 17.6. The molecule has 0 aromatic heterocycles. The summed E-state index contributed by atoms with van der Waals surface area (Å²) in [5.41, 5.74) is 1.95. The molecule has 1 unspecified atom stereocenters. The molecule has 1 aromatic rings. The zero-order valence-corrected chi connectivity index (χ0v) is 16.6. The van der Waals surface area contributed by atoms with Gasteiger partial charge in [-0.1, -0.05) is 42.4 Å². The Morgan fingerprint density at radius 1 is 1.39 bits per heavy atom. The highest BCUT2D eigenvalue weighted by molar-refractivity contribution is 5.82. The summed E-state index contributed by atoms with van der Waals surface area (Å²) in [5.74, 6) is 7.27. The molecule has 152 valence electrons. The highest BCUT2D eigenvalue weighted by Gasteiger charge is 2.38. The van der Waals surface area contributed by atoms with Crippen LogP contribution in [0.4, 0.5) is 0 Å². The van der Waals surface area contributed by atoms with Crippen LogP contribution in [0.25, 0.3) is 0 Å². The van der Waals surface area contributed by atoms with E-state index in [1.54, 1.807) is 0 Å². The van der Waals surface area contributed by atoms with Crippen molar-refractivity contribution < 1.29 is 4.74 Å². The zero-order valence-electron chi connectivity index (χ0n) is 16.6. The fraction of sp³-hybridized carbons (Fsp3) is 0.526. The van der Waals surface area contributed by atoms with Gasteiger partial charge in [0, 0.05) is 6.04 Å². The highest BCUT2D eigenvalue weighted by Crippen LogP contribution is 2.25. The van der Waals surface area contributed by atoms with Gasteiger partial charge in [-0.15, -0.1) is 0 Å². The third-order valence-electron chi connectivity index (χ3n) is 5.04. The molecule has 0 aliphatic carbocycles. The molecule has 2 aliphatic heterocycles. The minimum atomic E-state index is -0.234. The Bertz CT molecular complexity index is 735. The number of nitrogens with two attached hydrogens (primary N) is 1. The number of nitroso groups, excluding NO2 is 1. The summed E-state index contributed by atoms with van der Waals surface area (Å²) < 4.78 is 6.06. The first kappa shape index (κ1) is 20.1. The number of hydrogen-bond donors (Lipinski definition) is 3. The van der Waals surface area contributed by atoms with Crippen molar-refractivity contribution in [3.63, 3.8) is 0 Å². The van der Waals surface area contributed by atoms with Crippen LogP contribution in [-0.4, -0.2) is 47.3 Å². The first-order valence-corrected chi connectivity index (χ1v) is 9.63. The lowest BCUT2D eigenvalue weighted by molar-refractivity contribution is 0.165. The Hall–Kier alpha value is -2.65. The summed E-state index contributed by atoms with van der Waals surface area (Å²) in [7, 11) is 0. The topological polar surface area (TPSA) is 108 Å². The second kappa shape index (κ2) is 9.03. The summed E-state index contributed by atoms with van der Waals surface area (Å²) in [6, 6.07) is 10.0. The molecular formula is C19H29N7O2. The van der Waals surface area contributed by atoms with Gasteiger partial charge in [-0.25, -0.2) is 5.84 Å². The third-order valence-corrected chi connectivity index (χ3v) is 5.04. The Labute approximate surface area is 165 Å². The summed E-state index contributed by atoms with van der Waals surface area (Å²) in [6.45, 7) is 7.42. The molecule has 1 aromatic carbocycles. The average molecular weight is 387 g/mol. The van der Waals surface area contributed by atoms with E-state index in [1.807, 2.05) is 37.3 Å². The normalized spacial score (nSPS) is 20.2. The monoisotopic (exact) mass is 387 g/mol. The number of nitrogens with zero attached hydrogens (tertiary/aromatic N) is 4. The number of benzene rings is 1. The second-order valence-corrected chi connectivity index (χ2v) is 7.20. The van der Waals surface area contributed by atoms with Gasteiger partial charge in [0.1, 0.15) is 25.0 Å². The predicted molar refractivity (Wildman–Crippen MR) is 108 cm³/mol. The number of hydrazine groups is 1. The van der Waals surface area contributed by atoms with Crippen molar-refractivity contribution in [3.8, 4) is 0 Å². The maximum atomic E-state index is 10.8. The van der Waals surface area contributed by atoms with Crippen LogP contribution in [0.2, 0.25) is 0 Å². The molecule has 0 spiro atoms. The van der Waals surface area contributed by atoms with Gasteiger partial charge in [-0.05, 0) is 25.8 Å². The van der Waals surface area contributed by atoms with E-state index in [0.29, 0.717) is 37.6 Å². The summed E-state index contributed by atoms with van der Waals surface area (Å²) >= 11 is 0. The standard InChI is InChI=1S/C19H29N7O2/c1-4-15(10-22-27)26(20)19-23-17-16(21-12-25(17)13(2)3)18(24-19)28-11-14-8-6-5-7-9-14/h5-9,13,15,17,21H,4,10-12,20H2,1-3H3,(H,23,24)/t15-,17?/m1/s1. The number of nitrogens with one attached hydrogen (secondary N) is 2. The lowest BCUT2D eigenvalue weighted by atomic mass is 10.2. The molecule has 3 rings (SSSR count). The molecule has 0 amide bonds. The van der Waals surface area contributed by atoms with Gasteiger partial charge >= 0.3 is 0 Å². The van der Waals surface area contributed by atoms with Crippen molar-refractivity contribution in [1.82, 2.24) is 20.5 Å². The van der Waals surface area contributed by atoms with E-state index in [0.717, 1.165) is 11.3 Å². The lowest BCUT2D eigenvalue weighted by Gasteiger charge is -2.35. The van der Waals surface area contributed by atoms with Crippen molar-refractivity contribution in [2.24, 2.45) is 16.0 Å². The third kappa shape index (κ3) is 4.26. The Morgan fingerprint density at radius 2 is 2.14 bits per heavy atom. The molecule has 1 fully saturated rings. The summed E-state index contributed by atoms with van der Waals surface area (Å²) in [5, 5.41) is 11.3. The van der Waals surface area contributed by atoms with Crippen LogP contribution in [0.3, 0.4) is 0 Å². The van der Waals surface area contributed by atoms with Crippen LogP contribution < -0.4 is 16.5 Å². The zero-order chi connectivity index (χ0) is 20.1. The van der Waals surface area contributed by atoms with Gasteiger partial charge in [0.25, 0.3) is 0 Å². The van der Waals surface area contributed by atoms with Crippen molar-refractivity contribution in [2.75, 3.05) is 13.2 Å². The Balaban J connectivity index is 1.86. The SMILES string of the molecule is CC[C@H](CN=O)N(N)C1=NC(OCc2ccccc2)=C2NCN(C(C)C)C2N1. The number of hydrogen-bond acceptors (Lipinski definition) is 9. The molecule has 0 saturated carbocycles. The minimum absolute atomic E-state index is 0.0985. The number of aliphatic imine (C=N–C) groups is 1. The van der Waals surface area contributed by atoms with Gasteiger partial charge in [0.2, 0.25) is 11.8 Å². The van der Waals surface area contributed by atoms with Gasteiger partial charge in [-0.3, -0.25) is 9.91 Å². The molecule has 0 radical (unpaired) electrons. The lowest BCUT2D eigenvalue weighted by Crippen LogP contribution is -2.59. The molecule has 28 heavy (non-hydrogen) atoms. The van der Waals surface area contributed by atoms with E-state index >= 15 is 0 Å². The van der Waals surface area contributed by atoms with E-state index < -0.39 is 0 Å². The highest BCUT2D eigenvalue weighted by atomic mass is 16.5. The molecule has 2 aliphatic rings. The van der Waals surface area contributed by atoms with Crippen molar-refractivity contribution in [1.29, 1.82) is 0 Å². The smallest absolute Gasteiger partial charge is 0.240 e. The number of fused-ring (bicyclic) bond motifs is 1. The van der Waals surface area contributed by atoms with Crippen LogP contribution in [0.1, 0.15) is 32.8 Å². The van der Waals surface area contributed by atoms with Crippen molar-refractivity contribution in [3.05, 3.63) is 52.4 Å². The van der Waals surface area contributed by atoms with E-state index in [-0.39, 0.29) is 18.8 Å². The molecule has 2 atom stereocenters. The first-order chi connectivity index (χ1) is 13.5. The number of guanidine groups is 1. The first-order valence-electron chi connectivity index (χ1n) is 9.63.